The van der Waals surface area contributed by atoms with Gasteiger partial charge < -0.3 is 4.90 Å². The molecule has 2 aromatic rings. The topological polar surface area (TPSA) is 20.3 Å². The number of benzene rings is 2. The standard InChI is InChI=1S/C17H17BrFNO/c1-11-8-9-15(18)14(10-11)17(21)20(3)12(2)13-6-4-5-7-16(13)19/h4-10,12H,1-3H3. The molecular weight excluding hydrogens is 333 g/mol. The van der Waals surface area contributed by atoms with Gasteiger partial charge in [-0.25, -0.2) is 4.39 Å². The van der Waals surface area contributed by atoms with E-state index in [0.29, 0.717) is 11.1 Å². The van der Waals surface area contributed by atoms with Gasteiger partial charge in [0.1, 0.15) is 5.82 Å². The third-order valence-corrected chi connectivity index (χ3v) is 4.30. The highest BCUT2D eigenvalue weighted by molar-refractivity contribution is 9.10. The van der Waals surface area contributed by atoms with Gasteiger partial charge >= 0.3 is 0 Å². The number of halogens is 2. The van der Waals surface area contributed by atoms with E-state index in [1.807, 2.05) is 32.0 Å². The Hall–Kier alpha value is -1.68. The van der Waals surface area contributed by atoms with Gasteiger partial charge in [0.2, 0.25) is 0 Å². The molecular formula is C17H17BrFNO. The molecule has 0 heterocycles. The van der Waals surface area contributed by atoms with Gasteiger partial charge in [-0.1, -0.05) is 29.8 Å². The van der Waals surface area contributed by atoms with Gasteiger partial charge in [-0.2, -0.15) is 0 Å². The summed E-state index contributed by atoms with van der Waals surface area (Å²) in [4.78, 5) is 14.2. The molecule has 2 rings (SSSR count). The van der Waals surface area contributed by atoms with Crippen LogP contribution in [0.25, 0.3) is 0 Å². The number of hydrogen-bond donors (Lipinski definition) is 0. The maximum Gasteiger partial charge on any atom is 0.255 e. The second-order valence-electron chi connectivity index (χ2n) is 5.10. The molecule has 1 atom stereocenters. The lowest BCUT2D eigenvalue weighted by molar-refractivity contribution is 0.0739. The minimum absolute atomic E-state index is 0.138. The summed E-state index contributed by atoms with van der Waals surface area (Å²) in [5.41, 5.74) is 2.10. The van der Waals surface area contributed by atoms with Crippen LogP contribution in [0, 0.1) is 12.7 Å². The van der Waals surface area contributed by atoms with Crippen LogP contribution in [-0.2, 0) is 0 Å². The number of hydrogen-bond acceptors (Lipinski definition) is 1. The smallest absolute Gasteiger partial charge is 0.255 e. The van der Waals surface area contributed by atoms with Gasteiger partial charge in [0.25, 0.3) is 5.91 Å². The van der Waals surface area contributed by atoms with Crippen molar-refractivity contribution in [2.24, 2.45) is 0 Å². The monoisotopic (exact) mass is 349 g/mol. The number of carbonyl (C=O) groups excluding carboxylic acids is 1. The predicted molar refractivity (Wildman–Crippen MR) is 85.8 cm³/mol. The van der Waals surface area contributed by atoms with E-state index in [9.17, 15) is 9.18 Å². The van der Waals surface area contributed by atoms with Gasteiger partial charge in [0.05, 0.1) is 11.6 Å². The van der Waals surface area contributed by atoms with Crippen LogP contribution in [-0.4, -0.2) is 17.9 Å². The number of rotatable bonds is 3. The van der Waals surface area contributed by atoms with Crippen molar-refractivity contribution in [3.05, 3.63) is 69.4 Å². The van der Waals surface area contributed by atoms with Gasteiger partial charge in [0, 0.05) is 17.1 Å². The average Bonchev–Trinajstić information content (AvgIpc) is 2.48. The predicted octanol–water partition coefficient (Wildman–Crippen LogP) is 4.73. The maximum atomic E-state index is 13.9. The van der Waals surface area contributed by atoms with Crippen LogP contribution in [0.4, 0.5) is 4.39 Å². The highest BCUT2D eigenvalue weighted by atomic mass is 79.9. The molecule has 0 aliphatic carbocycles. The molecule has 2 nitrogen and oxygen atoms in total. The SMILES string of the molecule is Cc1ccc(Br)c(C(=O)N(C)C(C)c2ccccc2F)c1. The minimum atomic E-state index is -0.342. The fourth-order valence-electron chi connectivity index (χ4n) is 2.19. The van der Waals surface area contributed by atoms with Gasteiger partial charge in [-0.15, -0.1) is 0 Å². The molecule has 0 aliphatic rings. The van der Waals surface area contributed by atoms with E-state index in [4.69, 9.17) is 0 Å². The van der Waals surface area contributed by atoms with Gasteiger partial charge in [-0.05, 0) is 48.0 Å². The summed E-state index contributed by atoms with van der Waals surface area (Å²) in [5, 5.41) is 0. The fraction of sp³-hybridized carbons (Fsp3) is 0.235. The summed E-state index contributed by atoms with van der Waals surface area (Å²) in [6.45, 7) is 3.75. The summed E-state index contributed by atoms with van der Waals surface area (Å²) in [6.07, 6.45) is 0. The van der Waals surface area contributed by atoms with Crippen molar-refractivity contribution in [1.82, 2.24) is 4.90 Å². The van der Waals surface area contributed by atoms with Crippen LogP contribution in [0.15, 0.2) is 46.9 Å². The first-order valence-corrected chi connectivity index (χ1v) is 7.49. The van der Waals surface area contributed by atoms with E-state index in [1.165, 1.54) is 6.07 Å². The Morgan fingerprint density at radius 3 is 2.57 bits per heavy atom. The lowest BCUT2D eigenvalue weighted by atomic mass is 10.0. The molecule has 1 amide bonds. The van der Waals surface area contributed by atoms with Crippen LogP contribution < -0.4 is 0 Å². The lowest BCUT2D eigenvalue weighted by Gasteiger charge is -2.26. The Labute approximate surface area is 132 Å². The number of aryl methyl sites for hydroxylation is 1. The summed E-state index contributed by atoms with van der Waals surface area (Å²) >= 11 is 3.40. The summed E-state index contributed by atoms with van der Waals surface area (Å²) in [5.74, 6) is -0.436. The van der Waals surface area contributed by atoms with Crippen molar-refractivity contribution in [2.45, 2.75) is 19.9 Å². The maximum absolute atomic E-state index is 13.9. The zero-order valence-corrected chi connectivity index (χ0v) is 13.8. The molecule has 0 fully saturated rings. The fourth-order valence-corrected chi connectivity index (χ4v) is 2.61. The molecule has 0 aromatic heterocycles. The highest BCUT2D eigenvalue weighted by Gasteiger charge is 2.22. The van der Waals surface area contributed by atoms with E-state index in [1.54, 1.807) is 30.1 Å². The van der Waals surface area contributed by atoms with Crippen LogP contribution in [0.1, 0.15) is 34.5 Å². The zero-order valence-electron chi connectivity index (χ0n) is 12.2. The first kappa shape index (κ1) is 15.7. The lowest BCUT2D eigenvalue weighted by Crippen LogP contribution is -2.30. The minimum Gasteiger partial charge on any atom is -0.335 e. The third-order valence-electron chi connectivity index (χ3n) is 3.61. The quantitative estimate of drug-likeness (QED) is 0.784. The molecule has 21 heavy (non-hydrogen) atoms. The van der Waals surface area contributed by atoms with Crippen molar-refractivity contribution in [3.8, 4) is 0 Å². The molecule has 1 unspecified atom stereocenters. The number of nitrogens with zero attached hydrogens (tertiary/aromatic N) is 1. The summed E-state index contributed by atoms with van der Waals surface area (Å²) in [7, 11) is 1.69. The van der Waals surface area contributed by atoms with Crippen LogP contribution in [0.2, 0.25) is 0 Å². The molecule has 0 saturated heterocycles. The molecule has 0 saturated carbocycles. The summed E-state index contributed by atoms with van der Waals surface area (Å²) in [6, 6.07) is 11.8. The Kier molecular flexibility index (Phi) is 4.78. The molecule has 0 radical (unpaired) electrons. The normalized spacial score (nSPS) is 12.0. The largest absolute Gasteiger partial charge is 0.335 e. The van der Waals surface area contributed by atoms with Crippen molar-refractivity contribution < 1.29 is 9.18 Å². The van der Waals surface area contributed by atoms with Crippen molar-refractivity contribution >= 4 is 21.8 Å². The zero-order chi connectivity index (χ0) is 15.6. The van der Waals surface area contributed by atoms with Crippen LogP contribution >= 0.6 is 15.9 Å². The van der Waals surface area contributed by atoms with E-state index in [2.05, 4.69) is 15.9 Å². The number of amides is 1. The van der Waals surface area contributed by atoms with E-state index >= 15 is 0 Å². The number of carbonyl (C=O) groups is 1. The van der Waals surface area contributed by atoms with Crippen molar-refractivity contribution in [1.29, 1.82) is 0 Å². The molecule has 0 aliphatic heterocycles. The van der Waals surface area contributed by atoms with Crippen LogP contribution in [0.3, 0.4) is 0 Å². The second kappa shape index (κ2) is 6.39. The van der Waals surface area contributed by atoms with E-state index < -0.39 is 0 Å². The Balaban J connectivity index is 2.31. The highest BCUT2D eigenvalue weighted by Crippen LogP contribution is 2.26. The second-order valence-corrected chi connectivity index (χ2v) is 5.95. The molecule has 2 aromatic carbocycles. The Morgan fingerprint density at radius 2 is 1.90 bits per heavy atom. The third kappa shape index (κ3) is 3.32. The summed E-state index contributed by atoms with van der Waals surface area (Å²) < 4.78 is 14.6. The van der Waals surface area contributed by atoms with Crippen molar-refractivity contribution in [2.75, 3.05) is 7.05 Å². The first-order chi connectivity index (χ1) is 9.91. The van der Waals surface area contributed by atoms with E-state index in [-0.39, 0.29) is 17.8 Å². The molecule has 0 spiro atoms. The average molecular weight is 350 g/mol. The molecule has 0 bridgehead atoms. The van der Waals surface area contributed by atoms with Gasteiger partial charge in [0.15, 0.2) is 0 Å². The van der Waals surface area contributed by atoms with Crippen molar-refractivity contribution in [3.63, 3.8) is 0 Å². The Morgan fingerprint density at radius 1 is 1.24 bits per heavy atom. The molecule has 0 N–H and O–H groups in total. The molecule has 110 valence electrons. The first-order valence-electron chi connectivity index (χ1n) is 6.69. The van der Waals surface area contributed by atoms with E-state index in [0.717, 1.165) is 10.0 Å². The van der Waals surface area contributed by atoms with Crippen LogP contribution in [0.5, 0.6) is 0 Å². The van der Waals surface area contributed by atoms with Gasteiger partial charge in [-0.3, -0.25) is 4.79 Å². The Bertz CT molecular complexity index is 672. The molecule has 4 heteroatoms.